The number of hydrogen-bond acceptors (Lipinski definition) is 5. The van der Waals surface area contributed by atoms with Gasteiger partial charge < -0.3 is 15.1 Å². The fourth-order valence-corrected chi connectivity index (χ4v) is 4.73. The number of aliphatic carboxylic acids is 2. The predicted molar refractivity (Wildman–Crippen MR) is 123 cm³/mol. The number of fused-ring (bicyclic) bond motifs is 1. The topological polar surface area (TPSA) is 98.1 Å². The van der Waals surface area contributed by atoms with E-state index in [0.717, 1.165) is 44.0 Å². The van der Waals surface area contributed by atoms with Gasteiger partial charge in [0.05, 0.1) is 5.56 Å². The van der Waals surface area contributed by atoms with Gasteiger partial charge in [0.2, 0.25) is 0 Å². The molecule has 1 amide bonds. The zero-order valence-electron chi connectivity index (χ0n) is 17.9. The van der Waals surface area contributed by atoms with E-state index in [-0.39, 0.29) is 5.91 Å². The zero-order valence-corrected chi connectivity index (χ0v) is 18.7. The van der Waals surface area contributed by atoms with Crippen molar-refractivity contribution in [2.45, 2.75) is 25.8 Å². The Balaban J connectivity index is 0.000000312. The molecule has 0 unspecified atom stereocenters. The highest BCUT2D eigenvalue weighted by Gasteiger charge is 2.26. The first-order chi connectivity index (χ1) is 15.4. The van der Waals surface area contributed by atoms with Crippen LogP contribution in [-0.4, -0.2) is 64.0 Å². The van der Waals surface area contributed by atoms with Gasteiger partial charge in [-0.2, -0.15) is 11.3 Å². The molecule has 1 fully saturated rings. The molecule has 3 heterocycles. The molecule has 0 bridgehead atoms. The van der Waals surface area contributed by atoms with Gasteiger partial charge in [-0.1, -0.05) is 24.3 Å². The Hall–Kier alpha value is -2.97. The third-order valence-electron chi connectivity index (χ3n) is 5.76. The average molecular weight is 457 g/mol. The van der Waals surface area contributed by atoms with Crippen LogP contribution in [0.15, 0.2) is 53.2 Å². The number of benzene rings is 1. The Morgan fingerprint density at radius 1 is 0.969 bits per heavy atom. The summed E-state index contributed by atoms with van der Waals surface area (Å²) in [6.07, 6.45) is 4.55. The monoisotopic (exact) mass is 456 g/mol. The summed E-state index contributed by atoms with van der Waals surface area (Å²) in [7, 11) is 0. The molecule has 2 aromatic rings. The third kappa shape index (κ3) is 7.03. The minimum Gasteiger partial charge on any atom is -0.478 e. The lowest BCUT2D eigenvalue weighted by Gasteiger charge is -2.36. The Kier molecular flexibility index (Phi) is 8.58. The van der Waals surface area contributed by atoms with Crippen molar-refractivity contribution in [3.05, 3.63) is 69.9 Å². The molecular weight excluding hydrogens is 428 g/mol. The van der Waals surface area contributed by atoms with Crippen LogP contribution in [-0.2, 0) is 22.6 Å². The largest absolute Gasteiger partial charge is 0.478 e. The smallest absolute Gasteiger partial charge is 0.328 e. The van der Waals surface area contributed by atoms with E-state index in [1.807, 2.05) is 21.7 Å². The van der Waals surface area contributed by atoms with Crippen LogP contribution in [0.2, 0.25) is 0 Å². The first-order valence-corrected chi connectivity index (χ1v) is 11.6. The molecule has 1 saturated heterocycles. The molecule has 1 aromatic carbocycles. The SMILES string of the molecule is O=C(O)/C=C/C(=O)O.O=C(c1ccsc1)N1CCC(CN2CCc3ccccc3C2)CC1. The summed E-state index contributed by atoms with van der Waals surface area (Å²) in [5, 5.41) is 19.6. The first-order valence-electron chi connectivity index (χ1n) is 10.7. The standard InChI is InChI=1S/C20H24N2OS.C4H4O4/c23-20(19-8-12-24-15-19)22-10-5-16(6-11-22)13-21-9-7-17-3-1-2-4-18(17)14-21;5-3(6)1-2-4(7)8/h1-4,8,12,15-16H,5-7,9-11,13-14H2;1-2H,(H,5,6)(H,7,8)/b;2-1+. The van der Waals surface area contributed by atoms with Crippen molar-refractivity contribution in [2.24, 2.45) is 5.92 Å². The van der Waals surface area contributed by atoms with E-state index < -0.39 is 11.9 Å². The molecule has 7 nitrogen and oxygen atoms in total. The van der Waals surface area contributed by atoms with Crippen LogP contribution in [0.25, 0.3) is 0 Å². The average Bonchev–Trinajstić information content (AvgIpc) is 3.33. The Morgan fingerprint density at radius 2 is 1.62 bits per heavy atom. The number of amides is 1. The number of carboxylic acid groups (broad SMARTS) is 2. The molecule has 4 rings (SSSR count). The Labute approximate surface area is 191 Å². The predicted octanol–water partition coefficient (Wildman–Crippen LogP) is 3.37. The first kappa shape index (κ1) is 23.7. The van der Waals surface area contributed by atoms with Gasteiger partial charge in [-0.3, -0.25) is 9.69 Å². The normalized spacial score (nSPS) is 16.8. The maximum Gasteiger partial charge on any atom is 0.328 e. The van der Waals surface area contributed by atoms with Gasteiger partial charge in [0, 0.05) is 50.3 Å². The molecule has 8 heteroatoms. The molecule has 0 saturated carbocycles. The number of carbonyl (C=O) groups excluding carboxylic acids is 1. The Morgan fingerprint density at radius 3 is 2.22 bits per heavy atom. The second-order valence-corrected chi connectivity index (χ2v) is 8.79. The molecule has 0 aliphatic carbocycles. The molecule has 2 N–H and O–H groups in total. The van der Waals surface area contributed by atoms with Crippen LogP contribution >= 0.6 is 11.3 Å². The van der Waals surface area contributed by atoms with Gasteiger partial charge in [-0.05, 0) is 47.8 Å². The van der Waals surface area contributed by atoms with Gasteiger partial charge in [0.25, 0.3) is 5.91 Å². The summed E-state index contributed by atoms with van der Waals surface area (Å²) in [6.45, 7) is 5.25. The van der Waals surface area contributed by atoms with Crippen LogP contribution in [0.4, 0.5) is 0 Å². The second-order valence-electron chi connectivity index (χ2n) is 8.01. The van der Waals surface area contributed by atoms with Gasteiger partial charge in [-0.15, -0.1) is 0 Å². The van der Waals surface area contributed by atoms with E-state index in [4.69, 9.17) is 10.2 Å². The minimum atomic E-state index is -1.26. The fraction of sp³-hybridized carbons (Fsp3) is 0.375. The second kappa shape index (κ2) is 11.6. The maximum atomic E-state index is 12.4. The highest BCUT2D eigenvalue weighted by atomic mass is 32.1. The zero-order chi connectivity index (χ0) is 22.9. The number of carboxylic acids is 2. The van der Waals surface area contributed by atoms with E-state index in [1.165, 1.54) is 30.6 Å². The summed E-state index contributed by atoms with van der Waals surface area (Å²) < 4.78 is 0. The molecule has 0 spiro atoms. The number of piperidine rings is 1. The molecule has 2 aliphatic heterocycles. The number of rotatable bonds is 5. The molecular formula is C24H28N2O5S. The molecule has 2 aliphatic rings. The number of thiophene rings is 1. The van der Waals surface area contributed by atoms with Crippen molar-refractivity contribution in [1.29, 1.82) is 0 Å². The van der Waals surface area contributed by atoms with Crippen molar-refractivity contribution in [2.75, 3.05) is 26.2 Å². The quantitative estimate of drug-likeness (QED) is 0.670. The van der Waals surface area contributed by atoms with Gasteiger partial charge in [-0.25, -0.2) is 9.59 Å². The van der Waals surface area contributed by atoms with Gasteiger partial charge in [0.15, 0.2) is 0 Å². The van der Waals surface area contributed by atoms with E-state index in [2.05, 4.69) is 29.2 Å². The molecule has 1 aromatic heterocycles. The van der Waals surface area contributed by atoms with Crippen LogP contribution in [0.5, 0.6) is 0 Å². The number of hydrogen-bond donors (Lipinski definition) is 2. The summed E-state index contributed by atoms with van der Waals surface area (Å²) in [5.41, 5.74) is 3.87. The van der Waals surface area contributed by atoms with Crippen molar-refractivity contribution < 1.29 is 24.6 Å². The minimum absolute atomic E-state index is 0.210. The van der Waals surface area contributed by atoms with E-state index >= 15 is 0 Å². The number of carbonyl (C=O) groups is 3. The summed E-state index contributed by atoms with van der Waals surface area (Å²) in [6, 6.07) is 10.8. The van der Waals surface area contributed by atoms with E-state index in [9.17, 15) is 14.4 Å². The molecule has 0 radical (unpaired) electrons. The molecule has 0 atom stereocenters. The van der Waals surface area contributed by atoms with Crippen molar-refractivity contribution in [3.63, 3.8) is 0 Å². The van der Waals surface area contributed by atoms with Crippen LogP contribution in [0, 0.1) is 5.92 Å². The van der Waals surface area contributed by atoms with Crippen LogP contribution in [0.3, 0.4) is 0 Å². The van der Waals surface area contributed by atoms with Crippen molar-refractivity contribution in [1.82, 2.24) is 9.80 Å². The van der Waals surface area contributed by atoms with Crippen molar-refractivity contribution in [3.8, 4) is 0 Å². The molecule has 32 heavy (non-hydrogen) atoms. The summed E-state index contributed by atoms with van der Waals surface area (Å²) in [4.78, 5) is 36.2. The van der Waals surface area contributed by atoms with Crippen LogP contribution in [0.1, 0.15) is 34.3 Å². The van der Waals surface area contributed by atoms with Crippen LogP contribution < -0.4 is 0 Å². The van der Waals surface area contributed by atoms with E-state index in [0.29, 0.717) is 12.2 Å². The van der Waals surface area contributed by atoms with Gasteiger partial charge in [0.1, 0.15) is 0 Å². The lowest BCUT2D eigenvalue weighted by atomic mass is 9.93. The highest BCUT2D eigenvalue weighted by Crippen LogP contribution is 2.24. The number of nitrogens with zero attached hydrogens (tertiary/aromatic N) is 2. The Bertz CT molecular complexity index is 933. The van der Waals surface area contributed by atoms with Crippen molar-refractivity contribution >= 4 is 29.2 Å². The summed E-state index contributed by atoms with van der Waals surface area (Å²) in [5.74, 6) is -1.58. The summed E-state index contributed by atoms with van der Waals surface area (Å²) >= 11 is 1.60. The van der Waals surface area contributed by atoms with E-state index in [1.54, 1.807) is 11.3 Å². The maximum absolute atomic E-state index is 12.4. The number of likely N-dealkylation sites (tertiary alicyclic amines) is 1. The lowest BCUT2D eigenvalue weighted by molar-refractivity contribution is -0.134. The fourth-order valence-electron chi connectivity index (χ4n) is 4.11. The third-order valence-corrected chi connectivity index (χ3v) is 6.45. The van der Waals surface area contributed by atoms with Gasteiger partial charge >= 0.3 is 11.9 Å². The molecule has 170 valence electrons. The lowest BCUT2D eigenvalue weighted by Crippen LogP contribution is -2.42. The highest BCUT2D eigenvalue weighted by molar-refractivity contribution is 7.08.